The van der Waals surface area contributed by atoms with Gasteiger partial charge >= 0.3 is 0 Å². The lowest BCUT2D eigenvalue weighted by Crippen LogP contribution is -2.48. The molecule has 4 heteroatoms. The van der Waals surface area contributed by atoms with Crippen LogP contribution in [0.25, 0.3) is 0 Å². The highest BCUT2D eigenvalue weighted by molar-refractivity contribution is 5.13. The summed E-state index contributed by atoms with van der Waals surface area (Å²) in [5.41, 5.74) is 0.490. The van der Waals surface area contributed by atoms with E-state index in [1.54, 1.807) is 0 Å². The maximum atomic E-state index is 10.0. The number of ether oxygens (including phenoxy) is 1. The molecule has 1 aliphatic heterocycles. The van der Waals surface area contributed by atoms with E-state index in [1.165, 1.54) is 0 Å². The van der Waals surface area contributed by atoms with Crippen LogP contribution >= 0.6 is 0 Å². The van der Waals surface area contributed by atoms with Crippen LogP contribution in [-0.2, 0) is 11.3 Å². The Hall–Kier alpha value is -0.940. The van der Waals surface area contributed by atoms with Crippen LogP contribution in [0.15, 0.2) is 30.3 Å². The summed E-state index contributed by atoms with van der Waals surface area (Å²) < 4.78 is 5.54. The number of aliphatic hydroxyl groups is 2. The first-order chi connectivity index (χ1) is 9.55. The van der Waals surface area contributed by atoms with E-state index in [9.17, 15) is 10.2 Å². The summed E-state index contributed by atoms with van der Waals surface area (Å²) in [4.78, 5) is 2.11. The van der Waals surface area contributed by atoms with Gasteiger partial charge in [-0.15, -0.1) is 0 Å². The van der Waals surface area contributed by atoms with Gasteiger partial charge in [-0.25, -0.2) is 0 Å². The minimum Gasteiger partial charge on any atom is -0.389 e. The molecule has 0 saturated carbocycles. The Morgan fingerprint density at radius 2 is 2.10 bits per heavy atom. The molecule has 112 valence electrons. The molecule has 20 heavy (non-hydrogen) atoms. The first-order valence-corrected chi connectivity index (χ1v) is 7.30. The summed E-state index contributed by atoms with van der Waals surface area (Å²) in [6, 6.07) is 9.94. The largest absolute Gasteiger partial charge is 0.389 e. The van der Waals surface area contributed by atoms with Gasteiger partial charge in [0, 0.05) is 13.1 Å². The fraction of sp³-hybridized carbons (Fsp3) is 0.625. The molecule has 0 spiro atoms. The van der Waals surface area contributed by atoms with E-state index in [0.717, 1.165) is 24.9 Å². The molecule has 0 radical (unpaired) electrons. The maximum Gasteiger partial charge on any atom is 0.0900 e. The lowest BCUT2D eigenvalue weighted by atomic mass is 9.95. The van der Waals surface area contributed by atoms with Gasteiger partial charge in [0.25, 0.3) is 0 Å². The van der Waals surface area contributed by atoms with Crippen LogP contribution < -0.4 is 0 Å². The van der Waals surface area contributed by atoms with Crippen molar-refractivity contribution in [3.05, 3.63) is 35.9 Å². The highest BCUT2D eigenvalue weighted by atomic mass is 16.5. The van der Waals surface area contributed by atoms with E-state index >= 15 is 0 Å². The van der Waals surface area contributed by atoms with Crippen LogP contribution in [0.1, 0.15) is 25.3 Å². The van der Waals surface area contributed by atoms with Gasteiger partial charge in [0.05, 0.1) is 24.9 Å². The van der Waals surface area contributed by atoms with Crippen LogP contribution in [0.2, 0.25) is 0 Å². The molecular formula is C16H25NO3. The predicted octanol–water partition coefficient (Wildman–Crippen LogP) is 1.41. The summed E-state index contributed by atoms with van der Waals surface area (Å²) >= 11 is 0. The average Bonchev–Trinajstić information content (AvgIpc) is 2.38. The number of nitrogens with zero attached hydrogens (tertiary/aromatic N) is 1. The summed E-state index contributed by atoms with van der Waals surface area (Å²) in [5, 5.41) is 20.0. The molecule has 2 atom stereocenters. The van der Waals surface area contributed by atoms with Gasteiger partial charge in [0.2, 0.25) is 0 Å². The zero-order valence-corrected chi connectivity index (χ0v) is 12.2. The third kappa shape index (κ3) is 5.21. The Bertz CT molecular complexity index is 394. The zero-order valence-electron chi connectivity index (χ0n) is 12.2. The zero-order chi connectivity index (χ0) is 14.4. The number of likely N-dealkylation sites (tertiary alicyclic amines) is 1. The third-order valence-electron chi connectivity index (χ3n) is 3.64. The molecule has 0 bridgehead atoms. The van der Waals surface area contributed by atoms with Crippen LogP contribution in [-0.4, -0.2) is 53.1 Å². The van der Waals surface area contributed by atoms with Gasteiger partial charge in [-0.1, -0.05) is 30.3 Å². The minimum atomic E-state index is -0.622. The number of hydrogen-bond donors (Lipinski definition) is 2. The molecule has 1 fully saturated rings. The topological polar surface area (TPSA) is 52.9 Å². The minimum absolute atomic E-state index is 0.327. The van der Waals surface area contributed by atoms with E-state index in [4.69, 9.17) is 4.74 Å². The van der Waals surface area contributed by atoms with Crippen molar-refractivity contribution in [1.82, 2.24) is 4.90 Å². The van der Waals surface area contributed by atoms with Crippen molar-refractivity contribution in [3.8, 4) is 0 Å². The van der Waals surface area contributed by atoms with Gasteiger partial charge in [-0.3, -0.25) is 4.90 Å². The molecule has 1 aliphatic rings. The first-order valence-electron chi connectivity index (χ1n) is 7.30. The van der Waals surface area contributed by atoms with Gasteiger partial charge < -0.3 is 14.9 Å². The Labute approximate surface area is 121 Å². The second kappa shape index (κ2) is 7.18. The molecule has 2 N–H and O–H groups in total. The van der Waals surface area contributed by atoms with E-state index < -0.39 is 11.7 Å². The fourth-order valence-electron chi connectivity index (χ4n) is 2.72. The van der Waals surface area contributed by atoms with Crippen molar-refractivity contribution < 1.29 is 14.9 Å². The smallest absolute Gasteiger partial charge is 0.0900 e. The predicted molar refractivity (Wildman–Crippen MR) is 78.4 cm³/mol. The molecule has 1 aromatic carbocycles. The summed E-state index contributed by atoms with van der Waals surface area (Å²) in [6.45, 7) is 4.83. The Morgan fingerprint density at radius 1 is 1.35 bits per heavy atom. The Balaban J connectivity index is 1.66. The highest BCUT2D eigenvalue weighted by Gasteiger charge is 2.29. The number of benzene rings is 1. The summed E-state index contributed by atoms with van der Waals surface area (Å²) in [5.74, 6) is 0. The lowest BCUT2D eigenvalue weighted by Gasteiger charge is -2.37. The van der Waals surface area contributed by atoms with Crippen molar-refractivity contribution in [2.24, 2.45) is 0 Å². The summed E-state index contributed by atoms with van der Waals surface area (Å²) in [7, 11) is 0. The number of β-amino-alcohol motifs (C(OH)–C–C–N with tert-alkyl or cyclic N) is 2. The number of rotatable bonds is 6. The van der Waals surface area contributed by atoms with Crippen LogP contribution in [0.3, 0.4) is 0 Å². The normalized spacial score (nSPS) is 25.6. The second-order valence-corrected chi connectivity index (χ2v) is 5.99. The van der Waals surface area contributed by atoms with Gasteiger partial charge in [0.1, 0.15) is 0 Å². The first kappa shape index (κ1) is 15.4. The van der Waals surface area contributed by atoms with E-state index in [1.807, 2.05) is 37.3 Å². The number of aliphatic hydroxyl groups excluding tert-OH is 1. The van der Waals surface area contributed by atoms with E-state index in [0.29, 0.717) is 26.3 Å². The Morgan fingerprint density at radius 3 is 2.80 bits per heavy atom. The number of piperidine rings is 1. The van der Waals surface area contributed by atoms with Crippen LogP contribution in [0, 0.1) is 0 Å². The molecule has 2 unspecified atom stereocenters. The van der Waals surface area contributed by atoms with Crippen molar-refractivity contribution in [1.29, 1.82) is 0 Å². The highest BCUT2D eigenvalue weighted by Crippen LogP contribution is 2.20. The monoisotopic (exact) mass is 279 g/mol. The van der Waals surface area contributed by atoms with E-state index in [-0.39, 0.29) is 0 Å². The molecule has 0 amide bonds. The van der Waals surface area contributed by atoms with Gasteiger partial charge in [-0.2, -0.15) is 0 Å². The molecule has 4 nitrogen and oxygen atoms in total. The summed E-state index contributed by atoms with van der Waals surface area (Å²) in [6.07, 6.45) is 1.31. The molecule has 1 heterocycles. The molecular weight excluding hydrogens is 254 g/mol. The molecule has 1 aromatic rings. The average molecular weight is 279 g/mol. The van der Waals surface area contributed by atoms with Crippen molar-refractivity contribution in [3.63, 3.8) is 0 Å². The molecule has 0 aliphatic carbocycles. The molecule has 0 aromatic heterocycles. The third-order valence-corrected chi connectivity index (χ3v) is 3.64. The fourth-order valence-corrected chi connectivity index (χ4v) is 2.72. The van der Waals surface area contributed by atoms with E-state index in [2.05, 4.69) is 4.90 Å². The van der Waals surface area contributed by atoms with Crippen LogP contribution in [0.4, 0.5) is 0 Å². The standard InChI is InChI=1S/C16H25NO3/c1-16(19)8-5-9-17(13-16)10-15(18)12-20-11-14-6-3-2-4-7-14/h2-4,6-7,15,18-19H,5,8-13H2,1H3. The van der Waals surface area contributed by atoms with Gasteiger partial charge in [0.15, 0.2) is 0 Å². The number of hydrogen-bond acceptors (Lipinski definition) is 4. The van der Waals surface area contributed by atoms with Crippen molar-refractivity contribution >= 4 is 0 Å². The van der Waals surface area contributed by atoms with Crippen molar-refractivity contribution in [2.45, 2.75) is 38.1 Å². The van der Waals surface area contributed by atoms with Gasteiger partial charge in [-0.05, 0) is 31.9 Å². The van der Waals surface area contributed by atoms with Crippen LogP contribution in [0.5, 0.6) is 0 Å². The van der Waals surface area contributed by atoms with Crippen molar-refractivity contribution in [2.75, 3.05) is 26.2 Å². The molecule has 1 saturated heterocycles. The quantitative estimate of drug-likeness (QED) is 0.827. The SMILES string of the molecule is CC1(O)CCCN(CC(O)COCc2ccccc2)C1. The maximum absolute atomic E-state index is 10.0. The lowest BCUT2D eigenvalue weighted by molar-refractivity contribution is -0.0419. The second-order valence-electron chi connectivity index (χ2n) is 5.99. The Kier molecular flexibility index (Phi) is 5.54. The molecule has 2 rings (SSSR count).